The van der Waals surface area contributed by atoms with E-state index < -0.39 is 6.29 Å². The lowest BCUT2D eigenvalue weighted by molar-refractivity contribution is -0.0649. The molecule has 5 aromatic rings. The number of anilines is 4. The Morgan fingerprint density at radius 1 is 0.933 bits per heavy atom. The zero-order valence-corrected chi connectivity index (χ0v) is 36.9. The monoisotopic (exact) mass is 833 g/mol. The molecule has 5 unspecified atom stereocenters. The van der Waals surface area contributed by atoms with Crippen molar-refractivity contribution in [1.82, 2.24) is 34.8 Å². The molecule has 4 aromatic heterocycles. The number of nitrogens with one attached hydrogen (secondary N) is 1. The van der Waals surface area contributed by atoms with Crippen LogP contribution in [-0.4, -0.2) is 83.5 Å². The van der Waals surface area contributed by atoms with E-state index in [9.17, 15) is 15.3 Å². The van der Waals surface area contributed by atoms with E-state index in [4.69, 9.17) is 20.2 Å². The van der Waals surface area contributed by atoms with Crippen LogP contribution in [0.2, 0.25) is 0 Å². The fraction of sp³-hybridized carbons (Fsp3) is 0.596. The summed E-state index contributed by atoms with van der Waals surface area (Å²) in [5, 5.41) is 49.3. The van der Waals surface area contributed by atoms with Crippen molar-refractivity contribution in [2.45, 2.75) is 118 Å². The molecule has 10 rings (SSSR count). The van der Waals surface area contributed by atoms with Crippen molar-refractivity contribution in [3.05, 3.63) is 65.1 Å². The molecule has 4 aliphatic carbocycles. The molecule has 0 radical (unpaired) electrons. The van der Waals surface area contributed by atoms with E-state index in [0.29, 0.717) is 51.8 Å². The number of para-hydroxylation sites is 1. The zero-order chi connectivity index (χ0) is 41.8. The number of fused-ring (bicyclic) bond motifs is 3. The summed E-state index contributed by atoms with van der Waals surface area (Å²) in [6.07, 6.45) is 14.3. The molecule has 4 fully saturated rings. The summed E-state index contributed by atoms with van der Waals surface area (Å²) in [4.78, 5) is 14.1. The molecule has 0 saturated heterocycles. The van der Waals surface area contributed by atoms with E-state index in [-0.39, 0.29) is 12.3 Å². The Labute approximate surface area is 358 Å². The predicted molar refractivity (Wildman–Crippen MR) is 239 cm³/mol. The van der Waals surface area contributed by atoms with Crippen LogP contribution in [0.1, 0.15) is 113 Å². The average molecular weight is 834 g/mol. The van der Waals surface area contributed by atoms with E-state index in [1.165, 1.54) is 51.4 Å². The van der Waals surface area contributed by atoms with Gasteiger partial charge < -0.3 is 30.4 Å². The normalized spacial score (nSPS) is 26.1. The second-order valence-electron chi connectivity index (χ2n) is 19.8. The molecule has 12 nitrogen and oxygen atoms in total. The van der Waals surface area contributed by atoms with E-state index in [1.54, 1.807) is 11.3 Å². The number of benzene rings is 1. The molecule has 1 aliphatic heterocycles. The summed E-state index contributed by atoms with van der Waals surface area (Å²) >= 11 is 1.59. The van der Waals surface area contributed by atoms with Crippen LogP contribution in [0.4, 0.5) is 22.6 Å². The summed E-state index contributed by atoms with van der Waals surface area (Å²) in [6.45, 7) is 13.4. The van der Waals surface area contributed by atoms with Crippen molar-refractivity contribution in [2.24, 2.45) is 28.1 Å². The number of thiazole rings is 1. The summed E-state index contributed by atoms with van der Waals surface area (Å²) in [5.74, 6) is 3.27. The number of nitrogens with zero attached hydrogens (tertiary/aromatic N) is 8. The molecule has 0 spiro atoms. The van der Waals surface area contributed by atoms with Gasteiger partial charge in [0.15, 0.2) is 23.1 Å². The molecule has 4 saturated carbocycles. The van der Waals surface area contributed by atoms with Gasteiger partial charge in [0.2, 0.25) is 0 Å². The lowest BCUT2D eigenvalue weighted by atomic mass is 9.48. The lowest BCUT2D eigenvalue weighted by Gasteiger charge is -2.57. The highest BCUT2D eigenvalue weighted by atomic mass is 32.1. The number of aliphatic hydroxyl groups is 3. The molecule has 4 bridgehead atoms. The highest BCUT2D eigenvalue weighted by Crippen LogP contribution is 2.69. The van der Waals surface area contributed by atoms with E-state index in [1.807, 2.05) is 41.4 Å². The van der Waals surface area contributed by atoms with Crippen LogP contribution in [0.15, 0.2) is 42.6 Å². The first-order chi connectivity index (χ1) is 28.8. The Morgan fingerprint density at radius 2 is 1.73 bits per heavy atom. The number of aromatic nitrogens is 6. The van der Waals surface area contributed by atoms with E-state index in [0.717, 1.165) is 88.9 Å². The number of pyridine rings is 1. The summed E-state index contributed by atoms with van der Waals surface area (Å²) < 4.78 is 3.30. The minimum Gasteiger partial charge on any atom is -0.396 e. The number of rotatable bonds is 15. The van der Waals surface area contributed by atoms with Crippen LogP contribution in [0.5, 0.6) is 0 Å². The average Bonchev–Trinajstić information content (AvgIpc) is 3.75. The van der Waals surface area contributed by atoms with Gasteiger partial charge in [0.25, 0.3) is 0 Å². The van der Waals surface area contributed by atoms with Gasteiger partial charge in [-0.05, 0) is 163 Å². The Morgan fingerprint density at radius 3 is 2.53 bits per heavy atom. The van der Waals surface area contributed by atoms with Crippen LogP contribution in [0.3, 0.4) is 0 Å². The quantitative estimate of drug-likeness (QED) is 0.0592. The van der Waals surface area contributed by atoms with Crippen molar-refractivity contribution in [3.63, 3.8) is 0 Å². The van der Waals surface area contributed by atoms with Crippen molar-refractivity contribution in [2.75, 3.05) is 43.5 Å². The van der Waals surface area contributed by atoms with Crippen LogP contribution < -0.4 is 10.2 Å². The van der Waals surface area contributed by atoms with Gasteiger partial charge in [-0.25, -0.2) is 9.97 Å². The Kier molecular flexibility index (Phi) is 11.3. The topological polar surface area (TPSA) is 149 Å². The first kappa shape index (κ1) is 41.3. The van der Waals surface area contributed by atoms with Crippen LogP contribution in [-0.2, 0) is 13.0 Å². The third-order valence-electron chi connectivity index (χ3n) is 14.7. The third kappa shape index (κ3) is 8.08. The van der Waals surface area contributed by atoms with Gasteiger partial charge in [-0.2, -0.15) is 5.10 Å². The van der Waals surface area contributed by atoms with Gasteiger partial charge in [-0.15, -0.1) is 10.2 Å². The van der Waals surface area contributed by atoms with Gasteiger partial charge in [0.1, 0.15) is 11.5 Å². The van der Waals surface area contributed by atoms with Gasteiger partial charge in [0.05, 0.1) is 16.4 Å². The number of unbranched alkanes of at least 4 members (excludes halogenated alkanes) is 1. The van der Waals surface area contributed by atoms with Crippen molar-refractivity contribution >= 4 is 44.1 Å². The third-order valence-corrected chi connectivity index (χ3v) is 15.6. The number of hydrogen-bond acceptors (Lipinski definition) is 12. The minimum absolute atomic E-state index is 0.216. The maximum absolute atomic E-state index is 10.8. The van der Waals surface area contributed by atoms with E-state index in [2.05, 4.69) is 60.8 Å². The van der Waals surface area contributed by atoms with Crippen molar-refractivity contribution in [1.29, 1.82) is 0 Å². The summed E-state index contributed by atoms with van der Waals surface area (Å²) in [6, 6.07) is 12.0. The SMILES string of the molecule is Cc1c(Nc2nc3ccccc3s2)nnc2c1CCCN2c1ccc(-c2cnn(CC3CC4(C)CC5(C)CC3CC(CCCN(C)CCCCO)(C4)C5)c2C)c(C(O)O)n1. The predicted octanol–water partition coefficient (Wildman–Crippen LogP) is 8.87. The van der Waals surface area contributed by atoms with Gasteiger partial charge in [-0.3, -0.25) is 4.68 Å². The molecule has 4 N–H and O–H groups in total. The minimum atomic E-state index is -1.76. The molecule has 5 atom stereocenters. The molecule has 320 valence electrons. The maximum atomic E-state index is 10.8. The second-order valence-corrected chi connectivity index (χ2v) is 20.8. The van der Waals surface area contributed by atoms with Gasteiger partial charge in [-0.1, -0.05) is 37.3 Å². The molecular weight excluding hydrogens is 771 g/mol. The fourth-order valence-electron chi connectivity index (χ4n) is 12.8. The van der Waals surface area contributed by atoms with Crippen LogP contribution in [0.25, 0.3) is 21.3 Å². The second kappa shape index (κ2) is 16.4. The van der Waals surface area contributed by atoms with Gasteiger partial charge >= 0.3 is 0 Å². The molecule has 0 amide bonds. The highest BCUT2D eigenvalue weighted by Gasteiger charge is 2.59. The largest absolute Gasteiger partial charge is 0.396 e. The standard InChI is InChI=1S/C47H63N9O3S/c1-30-34-12-10-20-55(42(34)53-52-41(30)51-44-49-37-13-6-7-14-38(37)60-44)39-16-15-35(40(50-39)43(58)59)36-25-48-56(31(36)2)26-33-23-46(4)27-45(3)22-32(33)24-47(28-45,29-46)17-11-19-54(5)18-8-9-21-57/h6-7,13-16,25,32-33,43,57-59H,8-12,17-24,26-29H2,1-5H3,(H,49,51,52). The van der Waals surface area contributed by atoms with Crippen LogP contribution in [0, 0.1) is 41.9 Å². The summed E-state index contributed by atoms with van der Waals surface area (Å²) in [7, 11) is 2.24. The first-order valence-electron chi connectivity index (χ1n) is 22.3. The van der Waals surface area contributed by atoms with Crippen LogP contribution >= 0.6 is 11.3 Å². The van der Waals surface area contributed by atoms with Crippen molar-refractivity contribution < 1.29 is 15.3 Å². The molecule has 5 aliphatic rings. The highest BCUT2D eigenvalue weighted by molar-refractivity contribution is 7.22. The Balaban J connectivity index is 0.925. The number of hydrogen-bond donors (Lipinski definition) is 4. The molecular formula is C47H63N9O3S. The Bertz CT molecular complexity index is 2310. The van der Waals surface area contributed by atoms with Crippen molar-refractivity contribution in [3.8, 4) is 11.1 Å². The molecule has 13 heteroatoms. The zero-order valence-electron chi connectivity index (χ0n) is 36.1. The maximum Gasteiger partial charge on any atom is 0.196 e. The summed E-state index contributed by atoms with van der Waals surface area (Å²) in [5.41, 5.74) is 7.04. The van der Waals surface area contributed by atoms with Gasteiger partial charge in [0, 0.05) is 47.6 Å². The number of aliphatic hydroxyl groups excluding tert-OH is 2. The lowest BCUT2D eigenvalue weighted by Crippen LogP contribution is -2.46. The molecule has 1 aromatic carbocycles. The first-order valence-corrected chi connectivity index (χ1v) is 23.1. The molecule has 60 heavy (non-hydrogen) atoms. The fourth-order valence-corrected chi connectivity index (χ4v) is 13.6. The van der Waals surface area contributed by atoms with E-state index >= 15 is 0 Å². The smallest absolute Gasteiger partial charge is 0.196 e. The Hall–Kier alpha value is -4.01. The molecule has 5 heterocycles.